The Kier molecular flexibility index (Phi) is 4.53. The molecular weight excluding hydrogens is 241 g/mol. The van der Waals surface area contributed by atoms with Crippen LogP contribution in [0.2, 0.25) is 0 Å². The van der Waals surface area contributed by atoms with E-state index in [9.17, 15) is 4.39 Å². The van der Waals surface area contributed by atoms with Crippen LogP contribution >= 0.6 is 0 Å². The van der Waals surface area contributed by atoms with Gasteiger partial charge in [-0.3, -0.25) is 0 Å². The van der Waals surface area contributed by atoms with Crippen LogP contribution in [0.5, 0.6) is 5.75 Å². The molecule has 2 aromatic carbocycles. The van der Waals surface area contributed by atoms with E-state index in [1.54, 1.807) is 19.2 Å². The molecule has 0 aliphatic rings. The number of rotatable bonds is 5. The molecule has 0 saturated heterocycles. The molecule has 2 rings (SSSR count). The molecule has 1 unspecified atom stereocenters. The molecule has 0 saturated carbocycles. The van der Waals surface area contributed by atoms with E-state index in [0.717, 1.165) is 23.3 Å². The Labute approximate surface area is 113 Å². The monoisotopic (exact) mass is 259 g/mol. The van der Waals surface area contributed by atoms with Crippen molar-refractivity contribution in [1.29, 1.82) is 0 Å². The van der Waals surface area contributed by atoms with Gasteiger partial charge in [0.25, 0.3) is 0 Å². The van der Waals surface area contributed by atoms with Crippen molar-refractivity contribution in [3.63, 3.8) is 0 Å². The average molecular weight is 259 g/mol. The van der Waals surface area contributed by atoms with Gasteiger partial charge in [-0.1, -0.05) is 24.3 Å². The van der Waals surface area contributed by atoms with E-state index >= 15 is 0 Å². The number of benzene rings is 2. The number of methoxy groups -OCH3 is 1. The van der Waals surface area contributed by atoms with Gasteiger partial charge in [0.2, 0.25) is 0 Å². The summed E-state index contributed by atoms with van der Waals surface area (Å²) in [6.45, 7) is 0. The summed E-state index contributed by atoms with van der Waals surface area (Å²) in [5, 5.41) is 3.22. The fourth-order valence-corrected chi connectivity index (χ4v) is 2.15. The quantitative estimate of drug-likeness (QED) is 0.889. The van der Waals surface area contributed by atoms with Crippen LogP contribution in [0.25, 0.3) is 0 Å². The van der Waals surface area contributed by atoms with Crippen molar-refractivity contribution in [1.82, 2.24) is 5.32 Å². The highest BCUT2D eigenvalue weighted by Crippen LogP contribution is 2.21. The van der Waals surface area contributed by atoms with Gasteiger partial charge in [0.05, 0.1) is 7.11 Å². The average Bonchev–Trinajstić information content (AvgIpc) is 2.45. The van der Waals surface area contributed by atoms with Gasteiger partial charge >= 0.3 is 0 Å². The zero-order valence-corrected chi connectivity index (χ0v) is 11.2. The molecule has 1 N–H and O–H groups in total. The van der Waals surface area contributed by atoms with Crippen molar-refractivity contribution < 1.29 is 9.13 Å². The molecule has 3 heteroatoms. The molecule has 1 atom stereocenters. The number of halogens is 1. The molecule has 0 spiro atoms. The minimum atomic E-state index is -0.205. The van der Waals surface area contributed by atoms with Crippen molar-refractivity contribution in [2.24, 2.45) is 0 Å². The first-order valence-electron chi connectivity index (χ1n) is 6.28. The second-order valence-corrected chi connectivity index (χ2v) is 4.45. The number of hydrogen-bond acceptors (Lipinski definition) is 2. The highest BCUT2D eigenvalue weighted by molar-refractivity contribution is 5.30. The molecule has 0 radical (unpaired) electrons. The van der Waals surface area contributed by atoms with Gasteiger partial charge in [0, 0.05) is 6.04 Å². The standard InChI is InChI=1S/C16H18FNO/c1-18-16(13-6-4-7-14(17)11-13)10-12-5-3-8-15(9-12)19-2/h3-9,11,16,18H,10H2,1-2H3. The zero-order chi connectivity index (χ0) is 13.7. The van der Waals surface area contributed by atoms with Gasteiger partial charge in [-0.25, -0.2) is 4.39 Å². The minimum Gasteiger partial charge on any atom is -0.497 e. The van der Waals surface area contributed by atoms with Crippen molar-refractivity contribution in [3.8, 4) is 5.75 Å². The predicted octanol–water partition coefficient (Wildman–Crippen LogP) is 3.34. The third kappa shape index (κ3) is 3.55. The van der Waals surface area contributed by atoms with Crippen LogP contribution in [0.1, 0.15) is 17.2 Å². The smallest absolute Gasteiger partial charge is 0.123 e. The summed E-state index contributed by atoms with van der Waals surface area (Å²) in [6.07, 6.45) is 0.789. The van der Waals surface area contributed by atoms with Gasteiger partial charge < -0.3 is 10.1 Å². The van der Waals surface area contributed by atoms with Crippen molar-refractivity contribution in [3.05, 3.63) is 65.5 Å². The zero-order valence-electron chi connectivity index (χ0n) is 11.2. The van der Waals surface area contributed by atoms with Gasteiger partial charge in [0.1, 0.15) is 11.6 Å². The Morgan fingerprint density at radius 2 is 1.95 bits per heavy atom. The van der Waals surface area contributed by atoms with Crippen LogP contribution in [-0.2, 0) is 6.42 Å². The molecule has 2 aromatic rings. The number of ether oxygens (including phenoxy) is 1. The van der Waals surface area contributed by atoms with E-state index in [0.29, 0.717) is 0 Å². The number of hydrogen-bond donors (Lipinski definition) is 1. The highest BCUT2D eigenvalue weighted by Gasteiger charge is 2.11. The van der Waals surface area contributed by atoms with Crippen LogP contribution in [0.15, 0.2) is 48.5 Å². The summed E-state index contributed by atoms with van der Waals surface area (Å²) in [7, 11) is 3.54. The Bertz CT molecular complexity index is 542. The predicted molar refractivity (Wildman–Crippen MR) is 74.9 cm³/mol. The van der Waals surface area contributed by atoms with Crippen LogP contribution in [0, 0.1) is 5.82 Å². The largest absolute Gasteiger partial charge is 0.497 e. The van der Waals surface area contributed by atoms with E-state index < -0.39 is 0 Å². The molecular formula is C16H18FNO. The first kappa shape index (κ1) is 13.6. The third-order valence-electron chi connectivity index (χ3n) is 3.17. The lowest BCUT2D eigenvalue weighted by Gasteiger charge is -2.17. The maximum Gasteiger partial charge on any atom is 0.123 e. The summed E-state index contributed by atoms with van der Waals surface area (Å²) < 4.78 is 18.5. The first-order valence-corrected chi connectivity index (χ1v) is 6.28. The fourth-order valence-electron chi connectivity index (χ4n) is 2.15. The van der Waals surface area contributed by atoms with E-state index in [2.05, 4.69) is 5.32 Å². The summed E-state index contributed by atoms with van der Waals surface area (Å²) in [4.78, 5) is 0. The fraction of sp³-hybridized carbons (Fsp3) is 0.250. The normalized spacial score (nSPS) is 12.2. The SMILES string of the molecule is CNC(Cc1cccc(OC)c1)c1cccc(F)c1. The molecule has 19 heavy (non-hydrogen) atoms. The molecule has 0 heterocycles. The lowest BCUT2D eigenvalue weighted by Crippen LogP contribution is -2.19. The molecule has 0 bridgehead atoms. The maximum absolute atomic E-state index is 13.3. The number of likely N-dealkylation sites (N-methyl/N-ethyl adjacent to an activating group) is 1. The van der Waals surface area contributed by atoms with E-state index in [-0.39, 0.29) is 11.9 Å². The number of nitrogens with one attached hydrogen (secondary N) is 1. The summed E-state index contributed by atoms with van der Waals surface area (Å²) in [5.41, 5.74) is 2.10. The van der Waals surface area contributed by atoms with Crippen molar-refractivity contribution in [2.45, 2.75) is 12.5 Å². The molecule has 2 nitrogen and oxygen atoms in total. The molecule has 0 amide bonds. The minimum absolute atomic E-state index is 0.0859. The Balaban J connectivity index is 2.18. The third-order valence-corrected chi connectivity index (χ3v) is 3.17. The van der Waals surface area contributed by atoms with Gasteiger partial charge in [-0.15, -0.1) is 0 Å². The van der Waals surface area contributed by atoms with Crippen LogP contribution in [0.3, 0.4) is 0 Å². The van der Waals surface area contributed by atoms with E-state index in [1.165, 1.54) is 6.07 Å². The molecule has 0 aliphatic carbocycles. The van der Waals surface area contributed by atoms with Crippen LogP contribution in [0.4, 0.5) is 4.39 Å². The molecule has 0 fully saturated rings. The Hall–Kier alpha value is -1.87. The van der Waals surface area contributed by atoms with E-state index in [4.69, 9.17) is 4.74 Å². The lowest BCUT2D eigenvalue weighted by atomic mass is 9.99. The van der Waals surface area contributed by atoms with Gasteiger partial charge in [0.15, 0.2) is 0 Å². The topological polar surface area (TPSA) is 21.3 Å². The molecule has 0 aromatic heterocycles. The van der Waals surface area contributed by atoms with Gasteiger partial charge in [-0.05, 0) is 48.9 Å². The molecule has 100 valence electrons. The first-order chi connectivity index (χ1) is 9.22. The van der Waals surface area contributed by atoms with Crippen LogP contribution in [-0.4, -0.2) is 14.2 Å². The second kappa shape index (κ2) is 6.34. The van der Waals surface area contributed by atoms with Crippen molar-refractivity contribution in [2.75, 3.05) is 14.2 Å². The van der Waals surface area contributed by atoms with Gasteiger partial charge in [-0.2, -0.15) is 0 Å². The van der Waals surface area contributed by atoms with E-state index in [1.807, 2.05) is 37.4 Å². The lowest BCUT2D eigenvalue weighted by molar-refractivity contribution is 0.414. The second-order valence-electron chi connectivity index (χ2n) is 4.45. The molecule has 0 aliphatic heterocycles. The van der Waals surface area contributed by atoms with Crippen LogP contribution < -0.4 is 10.1 Å². The summed E-state index contributed by atoms with van der Waals surface area (Å²) >= 11 is 0. The highest BCUT2D eigenvalue weighted by atomic mass is 19.1. The summed E-state index contributed by atoms with van der Waals surface area (Å²) in [5.74, 6) is 0.634. The maximum atomic E-state index is 13.3. The van der Waals surface area contributed by atoms with Crippen molar-refractivity contribution >= 4 is 0 Å². The Morgan fingerprint density at radius 1 is 1.16 bits per heavy atom. The Morgan fingerprint density at radius 3 is 2.63 bits per heavy atom. The summed E-state index contributed by atoms with van der Waals surface area (Å²) in [6, 6.07) is 14.7.